The normalized spacial score (nSPS) is 33.3. The number of nitrogens with zero attached hydrogens (tertiary/aromatic N) is 1. The van der Waals surface area contributed by atoms with Crippen molar-refractivity contribution >= 4 is 21.8 Å². The highest BCUT2D eigenvalue weighted by Gasteiger charge is 2.46. The molecule has 0 spiro atoms. The summed E-state index contributed by atoms with van der Waals surface area (Å²) in [6.07, 6.45) is 5.48. The van der Waals surface area contributed by atoms with Crippen LogP contribution in [-0.2, 0) is 14.6 Å². The second kappa shape index (κ2) is 6.37. The quantitative estimate of drug-likeness (QED) is 0.621. The van der Waals surface area contributed by atoms with Crippen LogP contribution in [-0.4, -0.2) is 60.3 Å². The van der Waals surface area contributed by atoms with Crippen LogP contribution in [0.15, 0.2) is 0 Å². The molecular formula is C14H23N3O5S. The Morgan fingerprint density at radius 2 is 1.87 bits per heavy atom. The van der Waals surface area contributed by atoms with E-state index in [1.54, 1.807) is 0 Å². The fourth-order valence-electron chi connectivity index (χ4n) is 3.85. The zero-order valence-corrected chi connectivity index (χ0v) is 13.7. The van der Waals surface area contributed by atoms with Crippen LogP contribution < -0.4 is 10.6 Å². The minimum absolute atomic E-state index is 0.0466. The molecule has 3 rings (SSSR count). The van der Waals surface area contributed by atoms with Crippen molar-refractivity contribution in [1.29, 1.82) is 0 Å². The molecule has 3 fully saturated rings. The van der Waals surface area contributed by atoms with E-state index in [-0.39, 0.29) is 29.7 Å². The summed E-state index contributed by atoms with van der Waals surface area (Å²) in [5.74, 6) is -0.325. The third kappa shape index (κ3) is 3.36. The van der Waals surface area contributed by atoms with E-state index in [0.29, 0.717) is 0 Å². The van der Waals surface area contributed by atoms with Gasteiger partial charge in [0.2, 0.25) is 0 Å². The summed E-state index contributed by atoms with van der Waals surface area (Å²) in [6.45, 7) is 0.172. The Balaban J connectivity index is 1.66. The fourth-order valence-corrected chi connectivity index (χ4v) is 5.96. The van der Waals surface area contributed by atoms with Gasteiger partial charge in [-0.15, -0.1) is 5.06 Å². The number of urea groups is 1. The Morgan fingerprint density at radius 1 is 1.17 bits per heavy atom. The van der Waals surface area contributed by atoms with Crippen molar-refractivity contribution in [2.75, 3.05) is 12.3 Å². The maximum Gasteiger partial charge on any atom is 0.348 e. The Morgan fingerprint density at radius 3 is 2.57 bits per heavy atom. The molecule has 1 aliphatic carbocycles. The monoisotopic (exact) mass is 345 g/mol. The molecular weight excluding hydrogens is 322 g/mol. The summed E-state index contributed by atoms with van der Waals surface area (Å²) in [5, 5.41) is 14.1. The van der Waals surface area contributed by atoms with Gasteiger partial charge in [-0.3, -0.25) is 10.0 Å². The maximum absolute atomic E-state index is 12.7. The molecule has 0 aromatic heterocycles. The molecule has 3 atom stereocenters. The van der Waals surface area contributed by atoms with Crippen molar-refractivity contribution < 1.29 is 23.2 Å². The van der Waals surface area contributed by atoms with Gasteiger partial charge in [0, 0.05) is 6.54 Å². The van der Waals surface area contributed by atoms with E-state index in [1.807, 2.05) is 0 Å². The van der Waals surface area contributed by atoms with Gasteiger partial charge in [-0.05, 0) is 25.2 Å². The molecule has 0 aromatic carbocycles. The summed E-state index contributed by atoms with van der Waals surface area (Å²) in [4.78, 5) is 23.3. The molecule has 130 valence electrons. The molecule has 9 heteroatoms. The number of rotatable bonds is 3. The molecule has 0 radical (unpaired) electrons. The van der Waals surface area contributed by atoms with Gasteiger partial charge in [-0.25, -0.2) is 13.2 Å². The molecule has 3 N–H and O–H groups in total. The summed E-state index contributed by atoms with van der Waals surface area (Å²) in [6, 6.07) is -2.26. The highest BCUT2D eigenvalue weighted by molar-refractivity contribution is 7.92. The van der Waals surface area contributed by atoms with Crippen LogP contribution in [0.3, 0.4) is 0 Å². The van der Waals surface area contributed by atoms with Gasteiger partial charge in [0.1, 0.15) is 6.04 Å². The number of hydrogen-bond acceptors (Lipinski definition) is 6. The molecule has 2 saturated heterocycles. The van der Waals surface area contributed by atoms with Crippen LogP contribution in [0.2, 0.25) is 0 Å². The molecule has 1 saturated carbocycles. The number of nitrogens with one attached hydrogen (secondary N) is 2. The van der Waals surface area contributed by atoms with Crippen LogP contribution >= 0.6 is 0 Å². The number of hydroxylamine groups is 2. The number of amides is 3. The van der Waals surface area contributed by atoms with Gasteiger partial charge in [-0.2, -0.15) is 0 Å². The Kier molecular flexibility index (Phi) is 4.61. The Labute approximate surface area is 135 Å². The highest BCUT2D eigenvalue weighted by atomic mass is 32.2. The summed E-state index contributed by atoms with van der Waals surface area (Å²) in [7, 11) is -3.28. The van der Waals surface area contributed by atoms with E-state index < -0.39 is 39.1 Å². The van der Waals surface area contributed by atoms with Crippen LogP contribution in [0.4, 0.5) is 4.79 Å². The molecule has 2 heterocycles. The van der Waals surface area contributed by atoms with Gasteiger partial charge in [0.15, 0.2) is 9.84 Å². The predicted octanol–water partition coefficient (Wildman–Crippen LogP) is 0.0216. The van der Waals surface area contributed by atoms with Crippen LogP contribution in [0, 0.1) is 5.92 Å². The van der Waals surface area contributed by atoms with E-state index in [1.165, 1.54) is 6.42 Å². The minimum atomic E-state index is -3.28. The molecule has 3 amide bonds. The first-order valence-electron chi connectivity index (χ1n) is 8.17. The molecule has 2 aliphatic heterocycles. The van der Waals surface area contributed by atoms with Gasteiger partial charge >= 0.3 is 6.03 Å². The molecule has 3 aliphatic rings. The molecule has 0 aromatic rings. The van der Waals surface area contributed by atoms with Gasteiger partial charge in [0.05, 0.1) is 17.0 Å². The zero-order valence-electron chi connectivity index (χ0n) is 12.9. The predicted molar refractivity (Wildman–Crippen MR) is 81.5 cm³/mol. The lowest BCUT2D eigenvalue weighted by Crippen LogP contribution is -2.70. The number of carbonyl (C=O) groups excluding carboxylic acids is 2. The second-order valence-electron chi connectivity index (χ2n) is 6.78. The van der Waals surface area contributed by atoms with Crippen molar-refractivity contribution in [3.8, 4) is 0 Å². The van der Waals surface area contributed by atoms with Crippen molar-refractivity contribution in [3.63, 3.8) is 0 Å². The van der Waals surface area contributed by atoms with Crippen molar-refractivity contribution in [2.24, 2.45) is 5.92 Å². The summed E-state index contributed by atoms with van der Waals surface area (Å²) in [5.41, 5.74) is 0. The first kappa shape index (κ1) is 16.7. The second-order valence-corrected chi connectivity index (χ2v) is 9.11. The highest BCUT2D eigenvalue weighted by Crippen LogP contribution is 2.28. The molecule has 0 bridgehead atoms. The number of piperidine rings is 1. The average molecular weight is 345 g/mol. The third-order valence-corrected chi connectivity index (χ3v) is 7.47. The number of hydrogen-bond donors (Lipinski definition) is 3. The van der Waals surface area contributed by atoms with Crippen molar-refractivity contribution in [1.82, 2.24) is 15.7 Å². The van der Waals surface area contributed by atoms with E-state index >= 15 is 0 Å². The largest absolute Gasteiger partial charge is 0.348 e. The van der Waals surface area contributed by atoms with E-state index in [9.17, 15) is 23.2 Å². The van der Waals surface area contributed by atoms with Crippen LogP contribution in [0.1, 0.15) is 38.5 Å². The number of imide groups is 1. The molecule has 23 heavy (non-hydrogen) atoms. The smallest absolute Gasteiger partial charge is 0.331 e. The summed E-state index contributed by atoms with van der Waals surface area (Å²) >= 11 is 0. The lowest BCUT2D eigenvalue weighted by Gasteiger charge is -2.40. The van der Waals surface area contributed by atoms with Crippen molar-refractivity contribution in [2.45, 2.75) is 55.9 Å². The Hall–Kier alpha value is -1.19. The standard InChI is InChI=1S/C14H23N3O5S/c18-13-12-11(16-14(19)17(13)20)6-10(7-15-12)23(21,22)8-9-4-2-1-3-5-9/h9-12,15,20H,1-8H2,(H,16,19). The van der Waals surface area contributed by atoms with Gasteiger partial charge < -0.3 is 10.6 Å². The van der Waals surface area contributed by atoms with Gasteiger partial charge in [0.25, 0.3) is 5.91 Å². The topological polar surface area (TPSA) is 116 Å². The molecule has 3 unspecified atom stereocenters. The first-order chi connectivity index (χ1) is 10.9. The third-order valence-electron chi connectivity index (χ3n) is 5.16. The lowest BCUT2D eigenvalue weighted by atomic mass is 9.91. The van der Waals surface area contributed by atoms with Gasteiger partial charge in [-0.1, -0.05) is 19.3 Å². The van der Waals surface area contributed by atoms with E-state index in [0.717, 1.165) is 25.7 Å². The first-order valence-corrected chi connectivity index (χ1v) is 9.88. The minimum Gasteiger partial charge on any atom is -0.331 e. The lowest BCUT2D eigenvalue weighted by molar-refractivity contribution is -0.160. The van der Waals surface area contributed by atoms with E-state index in [2.05, 4.69) is 10.6 Å². The molecule has 8 nitrogen and oxygen atoms in total. The Bertz CT molecular complexity index is 587. The SMILES string of the molecule is O=C1NC2CC(S(=O)(=O)CC3CCCCC3)CNC2C(=O)N1O. The van der Waals surface area contributed by atoms with E-state index in [4.69, 9.17) is 0 Å². The number of sulfone groups is 1. The zero-order chi connectivity index (χ0) is 16.6. The van der Waals surface area contributed by atoms with Crippen molar-refractivity contribution in [3.05, 3.63) is 0 Å². The number of carbonyl (C=O) groups is 2. The fraction of sp³-hybridized carbons (Fsp3) is 0.857. The summed E-state index contributed by atoms with van der Waals surface area (Å²) < 4.78 is 25.3. The van der Waals surface area contributed by atoms with Crippen LogP contribution in [0.25, 0.3) is 0 Å². The van der Waals surface area contributed by atoms with Crippen LogP contribution in [0.5, 0.6) is 0 Å². The number of fused-ring (bicyclic) bond motifs is 1. The maximum atomic E-state index is 12.7. The average Bonchev–Trinajstić information content (AvgIpc) is 2.53.